The quantitative estimate of drug-likeness (QED) is 0.724. The summed E-state index contributed by atoms with van der Waals surface area (Å²) in [7, 11) is 0. The van der Waals surface area contributed by atoms with Crippen LogP contribution in [0.4, 0.5) is 4.79 Å². The minimum Gasteiger partial charge on any atom is -0.444 e. The third kappa shape index (κ3) is 6.57. The number of amides is 1. The van der Waals surface area contributed by atoms with Crippen LogP contribution in [0.15, 0.2) is 0 Å². The van der Waals surface area contributed by atoms with Crippen molar-refractivity contribution in [1.82, 2.24) is 5.32 Å². The summed E-state index contributed by atoms with van der Waals surface area (Å²) < 4.78 is 5.21. The highest BCUT2D eigenvalue weighted by molar-refractivity contribution is 5.68. The third-order valence-electron chi connectivity index (χ3n) is 3.67. The molecule has 0 aromatic heterocycles. The molecule has 0 unspecified atom stereocenters. The summed E-state index contributed by atoms with van der Waals surface area (Å²) in [5, 5.41) is 21.7. The molecule has 0 aromatic rings. The summed E-state index contributed by atoms with van der Waals surface area (Å²) in [6.07, 6.45) is 5.16. The monoisotopic (exact) mass is 287 g/mol. The smallest absolute Gasteiger partial charge is 0.407 e. The Kier molecular flexibility index (Phi) is 6.76. The summed E-state index contributed by atoms with van der Waals surface area (Å²) in [5.74, 6) is 0.505. The van der Waals surface area contributed by atoms with E-state index in [1.54, 1.807) is 20.8 Å². The van der Waals surface area contributed by atoms with Gasteiger partial charge < -0.3 is 20.3 Å². The van der Waals surface area contributed by atoms with Crippen molar-refractivity contribution in [3.63, 3.8) is 0 Å². The van der Waals surface area contributed by atoms with Crippen LogP contribution in [0.3, 0.4) is 0 Å². The first-order valence-electron chi connectivity index (χ1n) is 7.60. The van der Waals surface area contributed by atoms with E-state index in [9.17, 15) is 9.90 Å². The zero-order chi connectivity index (χ0) is 15.2. The topological polar surface area (TPSA) is 78.8 Å². The highest BCUT2D eigenvalue weighted by atomic mass is 16.6. The molecule has 20 heavy (non-hydrogen) atoms. The number of hydrogen-bond acceptors (Lipinski definition) is 4. The molecule has 5 heteroatoms. The lowest BCUT2D eigenvalue weighted by Crippen LogP contribution is -2.47. The number of hydrogen-bond donors (Lipinski definition) is 3. The molecule has 1 saturated carbocycles. The predicted octanol–water partition coefficient (Wildman–Crippen LogP) is 2.20. The molecule has 0 saturated heterocycles. The number of aliphatic hydroxyl groups is 2. The largest absolute Gasteiger partial charge is 0.444 e. The average Bonchev–Trinajstić information content (AvgIpc) is 2.36. The van der Waals surface area contributed by atoms with E-state index in [2.05, 4.69) is 5.32 Å². The van der Waals surface area contributed by atoms with Crippen LogP contribution in [-0.2, 0) is 4.74 Å². The van der Waals surface area contributed by atoms with Gasteiger partial charge in [0.2, 0.25) is 0 Å². The van der Waals surface area contributed by atoms with E-state index < -0.39 is 23.8 Å². The minimum atomic E-state index is -0.940. The van der Waals surface area contributed by atoms with Gasteiger partial charge in [0.05, 0.1) is 18.8 Å². The number of ether oxygens (including phenoxy) is 1. The van der Waals surface area contributed by atoms with Gasteiger partial charge in [0, 0.05) is 0 Å². The van der Waals surface area contributed by atoms with Gasteiger partial charge in [-0.3, -0.25) is 0 Å². The third-order valence-corrected chi connectivity index (χ3v) is 3.67. The Hall–Kier alpha value is -0.810. The molecule has 1 fully saturated rings. The molecular weight excluding hydrogens is 258 g/mol. The normalized spacial score (nSPS) is 20.2. The maximum atomic E-state index is 11.8. The number of carbonyl (C=O) groups is 1. The summed E-state index contributed by atoms with van der Waals surface area (Å²) >= 11 is 0. The Morgan fingerprint density at radius 2 is 1.90 bits per heavy atom. The molecule has 0 bridgehead atoms. The Labute approximate surface area is 121 Å². The van der Waals surface area contributed by atoms with Crippen molar-refractivity contribution in [3.05, 3.63) is 0 Å². The number of nitrogens with one attached hydrogen (secondary N) is 1. The Balaban J connectivity index is 2.52. The highest BCUT2D eigenvalue weighted by Crippen LogP contribution is 2.28. The molecule has 5 nitrogen and oxygen atoms in total. The molecular formula is C15H29NO4. The summed E-state index contributed by atoms with van der Waals surface area (Å²) in [6, 6.07) is -0.446. The van der Waals surface area contributed by atoms with Crippen molar-refractivity contribution >= 4 is 6.09 Å². The highest BCUT2D eigenvalue weighted by Gasteiger charge is 2.27. The molecule has 3 N–H and O–H groups in total. The van der Waals surface area contributed by atoms with Crippen LogP contribution in [-0.4, -0.2) is 40.7 Å². The van der Waals surface area contributed by atoms with Gasteiger partial charge in [0.15, 0.2) is 0 Å². The summed E-state index contributed by atoms with van der Waals surface area (Å²) in [5.41, 5.74) is -0.566. The van der Waals surface area contributed by atoms with Crippen molar-refractivity contribution in [3.8, 4) is 0 Å². The second kappa shape index (κ2) is 7.84. The number of carbonyl (C=O) groups excluding carboxylic acids is 1. The van der Waals surface area contributed by atoms with Crippen LogP contribution in [0.1, 0.15) is 59.3 Å². The molecule has 1 aliphatic carbocycles. The molecule has 0 spiro atoms. The number of alkyl carbamates (subject to hydrolysis) is 1. The molecule has 1 amide bonds. The first-order valence-corrected chi connectivity index (χ1v) is 7.60. The number of aliphatic hydroxyl groups excluding tert-OH is 2. The first kappa shape index (κ1) is 17.2. The maximum absolute atomic E-state index is 11.8. The van der Waals surface area contributed by atoms with Crippen LogP contribution >= 0.6 is 0 Å². The molecule has 2 atom stereocenters. The first-order chi connectivity index (χ1) is 9.31. The van der Waals surface area contributed by atoms with E-state index in [1.807, 2.05) is 0 Å². The fraction of sp³-hybridized carbons (Fsp3) is 0.933. The zero-order valence-corrected chi connectivity index (χ0v) is 12.9. The van der Waals surface area contributed by atoms with Crippen molar-refractivity contribution in [2.24, 2.45) is 5.92 Å². The second-order valence-electron chi connectivity index (χ2n) is 6.74. The SMILES string of the molecule is CC(C)(C)OC(=O)N[C@@H](CC1CCCCC1)[C@H](O)CO. The van der Waals surface area contributed by atoms with Crippen LogP contribution in [0, 0.1) is 5.92 Å². The maximum Gasteiger partial charge on any atom is 0.407 e. The molecule has 0 radical (unpaired) electrons. The minimum absolute atomic E-state index is 0.354. The van der Waals surface area contributed by atoms with Crippen molar-refractivity contribution < 1.29 is 19.7 Å². The predicted molar refractivity (Wildman–Crippen MR) is 77.4 cm³/mol. The molecule has 1 aliphatic rings. The lowest BCUT2D eigenvalue weighted by Gasteiger charge is -2.30. The molecule has 0 aliphatic heterocycles. The molecule has 1 rings (SSSR count). The lowest BCUT2D eigenvalue weighted by molar-refractivity contribution is 0.0267. The second-order valence-corrected chi connectivity index (χ2v) is 6.74. The van der Waals surface area contributed by atoms with Gasteiger partial charge in [0.25, 0.3) is 0 Å². The fourth-order valence-electron chi connectivity index (χ4n) is 2.68. The Morgan fingerprint density at radius 1 is 1.30 bits per heavy atom. The van der Waals surface area contributed by atoms with Gasteiger partial charge in [-0.15, -0.1) is 0 Å². The van der Waals surface area contributed by atoms with Crippen molar-refractivity contribution in [1.29, 1.82) is 0 Å². The van der Waals surface area contributed by atoms with Crippen LogP contribution in [0.5, 0.6) is 0 Å². The fourth-order valence-corrected chi connectivity index (χ4v) is 2.68. The van der Waals surface area contributed by atoms with E-state index in [1.165, 1.54) is 19.3 Å². The molecule has 0 heterocycles. The average molecular weight is 287 g/mol. The van der Waals surface area contributed by atoms with Gasteiger partial charge in [-0.2, -0.15) is 0 Å². The van der Waals surface area contributed by atoms with E-state index in [4.69, 9.17) is 9.84 Å². The van der Waals surface area contributed by atoms with Gasteiger partial charge in [0.1, 0.15) is 5.60 Å². The van der Waals surface area contributed by atoms with Gasteiger partial charge in [-0.05, 0) is 33.1 Å². The van der Waals surface area contributed by atoms with Crippen molar-refractivity contribution in [2.45, 2.75) is 77.0 Å². The molecule has 0 aromatic carbocycles. The van der Waals surface area contributed by atoms with E-state index in [0.717, 1.165) is 12.8 Å². The van der Waals surface area contributed by atoms with E-state index in [-0.39, 0.29) is 6.61 Å². The van der Waals surface area contributed by atoms with E-state index >= 15 is 0 Å². The van der Waals surface area contributed by atoms with Gasteiger partial charge in [-0.1, -0.05) is 32.1 Å². The summed E-state index contributed by atoms with van der Waals surface area (Å²) in [4.78, 5) is 11.8. The standard InChI is InChI=1S/C15H29NO4/c1-15(2,3)20-14(19)16-12(13(18)10-17)9-11-7-5-4-6-8-11/h11-13,17-18H,4-10H2,1-3H3,(H,16,19)/t12-,13+/m0/s1. The van der Waals surface area contributed by atoms with Crippen molar-refractivity contribution in [2.75, 3.05) is 6.61 Å². The molecule has 118 valence electrons. The van der Waals surface area contributed by atoms with Gasteiger partial charge >= 0.3 is 6.09 Å². The zero-order valence-electron chi connectivity index (χ0n) is 12.9. The lowest BCUT2D eigenvalue weighted by atomic mass is 9.84. The Bertz CT molecular complexity index is 295. The van der Waals surface area contributed by atoms with Crippen LogP contribution in [0.25, 0.3) is 0 Å². The Morgan fingerprint density at radius 3 is 2.40 bits per heavy atom. The number of rotatable bonds is 5. The van der Waals surface area contributed by atoms with Gasteiger partial charge in [-0.25, -0.2) is 4.79 Å². The van der Waals surface area contributed by atoms with Crippen LogP contribution < -0.4 is 5.32 Å². The summed E-state index contributed by atoms with van der Waals surface area (Å²) in [6.45, 7) is 5.04. The van der Waals surface area contributed by atoms with E-state index in [0.29, 0.717) is 12.3 Å². The van der Waals surface area contributed by atoms with Crippen LogP contribution in [0.2, 0.25) is 0 Å².